The molecule has 0 aliphatic heterocycles. The van der Waals surface area contributed by atoms with Crippen molar-refractivity contribution in [2.24, 2.45) is 5.41 Å². The molecule has 0 heterocycles. The largest absolute Gasteiger partial charge is 0.444 e. The van der Waals surface area contributed by atoms with E-state index in [0.717, 1.165) is 0 Å². The van der Waals surface area contributed by atoms with E-state index < -0.39 is 29.0 Å². The molecule has 0 bridgehead atoms. The molecule has 1 saturated carbocycles. The molecule has 1 fully saturated rings. The van der Waals surface area contributed by atoms with Gasteiger partial charge in [0.1, 0.15) is 16.8 Å². The lowest BCUT2D eigenvalue weighted by Gasteiger charge is -2.32. The number of halogens is 1. The molecule has 128 valence electrons. The minimum absolute atomic E-state index is 0.111. The fourth-order valence-electron chi connectivity index (χ4n) is 2.98. The quantitative estimate of drug-likeness (QED) is 0.916. The van der Waals surface area contributed by atoms with Gasteiger partial charge < -0.3 is 10.1 Å². The summed E-state index contributed by atoms with van der Waals surface area (Å²) in [6.07, 6.45) is 0.268. The number of hydrogen-bond acceptors (Lipinski definition) is 4. The van der Waals surface area contributed by atoms with Crippen LogP contribution >= 0.6 is 0 Å². The zero-order valence-electron chi connectivity index (χ0n) is 14.1. The molecule has 0 spiro atoms. The molecule has 1 amide bonds. The van der Waals surface area contributed by atoms with Crippen LogP contribution in [-0.4, -0.2) is 17.5 Å². The van der Waals surface area contributed by atoms with Crippen LogP contribution in [0.25, 0.3) is 0 Å². The number of nitriles is 1. The number of hydrogen-bond donors (Lipinski definition) is 1. The van der Waals surface area contributed by atoms with E-state index >= 15 is 0 Å². The summed E-state index contributed by atoms with van der Waals surface area (Å²) < 4.78 is 19.5. The van der Waals surface area contributed by atoms with E-state index in [0.29, 0.717) is 6.42 Å². The average Bonchev–Trinajstić information content (AvgIpc) is 2.86. The maximum Gasteiger partial charge on any atom is 0.408 e. The monoisotopic (exact) mass is 332 g/mol. The van der Waals surface area contributed by atoms with Crippen LogP contribution in [0.15, 0.2) is 24.3 Å². The van der Waals surface area contributed by atoms with E-state index in [-0.39, 0.29) is 24.2 Å². The molecule has 0 saturated heterocycles. The summed E-state index contributed by atoms with van der Waals surface area (Å²) in [4.78, 5) is 24.6. The van der Waals surface area contributed by atoms with Crippen molar-refractivity contribution < 1.29 is 18.7 Å². The van der Waals surface area contributed by atoms with Gasteiger partial charge in [0.25, 0.3) is 0 Å². The fourth-order valence-corrected chi connectivity index (χ4v) is 2.98. The zero-order valence-corrected chi connectivity index (χ0v) is 14.1. The molecule has 24 heavy (non-hydrogen) atoms. The summed E-state index contributed by atoms with van der Waals surface area (Å²) in [5.41, 5.74) is -2.11. The average molecular weight is 332 g/mol. The van der Waals surface area contributed by atoms with Crippen molar-refractivity contribution in [1.29, 1.82) is 5.26 Å². The first-order valence-corrected chi connectivity index (χ1v) is 7.88. The highest BCUT2D eigenvalue weighted by Gasteiger charge is 2.51. The Kier molecular flexibility index (Phi) is 4.93. The molecule has 6 heteroatoms. The van der Waals surface area contributed by atoms with E-state index in [9.17, 15) is 19.2 Å². The van der Waals surface area contributed by atoms with Crippen molar-refractivity contribution in [3.8, 4) is 6.07 Å². The summed E-state index contributed by atoms with van der Waals surface area (Å²) >= 11 is 0. The van der Waals surface area contributed by atoms with Crippen LogP contribution in [0.5, 0.6) is 0 Å². The van der Waals surface area contributed by atoms with Gasteiger partial charge in [-0.25, -0.2) is 9.18 Å². The molecule has 0 unspecified atom stereocenters. The van der Waals surface area contributed by atoms with Gasteiger partial charge in [-0.2, -0.15) is 5.26 Å². The number of carbonyl (C=O) groups excluding carboxylic acids is 2. The Balaban J connectivity index is 2.43. The molecule has 1 N–H and O–H groups in total. The summed E-state index contributed by atoms with van der Waals surface area (Å²) in [6, 6.07) is 6.78. The van der Waals surface area contributed by atoms with E-state index in [1.165, 1.54) is 18.2 Å². The number of Topliss-reactive ketones (excluding diaryl/α,β-unsaturated/α-hetero) is 1. The Hall–Kier alpha value is -2.42. The second-order valence-electron chi connectivity index (χ2n) is 6.96. The summed E-state index contributed by atoms with van der Waals surface area (Å²) in [5.74, 6) is -0.859. The maximum atomic E-state index is 14.3. The third-order valence-electron chi connectivity index (χ3n) is 4.04. The summed E-state index contributed by atoms with van der Waals surface area (Å²) in [6.45, 7) is 5.10. The van der Waals surface area contributed by atoms with Crippen LogP contribution in [0.4, 0.5) is 9.18 Å². The van der Waals surface area contributed by atoms with Gasteiger partial charge in [0.15, 0.2) is 5.78 Å². The van der Waals surface area contributed by atoms with Gasteiger partial charge in [-0.05, 0) is 39.7 Å². The maximum absolute atomic E-state index is 14.3. The van der Waals surface area contributed by atoms with Gasteiger partial charge in [0, 0.05) is 12.0 Å². The number of nitrogens with one attached hydrogen (secondary N) is 1. The molecule has 2 rings (SSSR count). The highest BCUT2D eigenvalue weighted by atomic mass is 19.1. The van der Waals surface area contributed by atoms with Crippen molar-refractivity contribution in [2.45, 2.75) is 51.7 Å². The van der Waals surface area contributed by atoms with Crippen molar-refractivity contribution >= 4 is 11.9 Å². The number of benzene rings is 1. The minimum Gasteiger partial charge on any atom is -0.444 e. The zero-order chi connectivity index (χ0) is 18.0. The van der Waals surface area contributed by atoms with Gasteiger partial charge in [0.2, 0.25) is 0 Å². The third kappa shape index (κ3) is 3.56. The van der Waals surface area contributed by atoms with E-state index in [4.69, 9.17) is 4.74 Å². The highest BCUT2D eigenvalue weighted by Crippen LogP contribution is 2.45. The van der Waals surface area contributed by atoms with E-state index in [1.54, 1.807) is 26.8 Å². The molecule has 1 aromatic rings. The smallest absolute Gasteiger partial charge is 0.408 e. The van der Waals surface area contributed by atoms with Crippen LogP contribution in [0.1, 0.15) is 51.6 Å². The van der Waals surface area contributed by atoms with Crippen LogP contribution < -0.4 is 5.32 Å². The number of ketones is 1. The van der Waals surface area contributed by atoms with Gasteiger partial charge in [-0.15, -0.1) is 0 Å². The molecule has 1 aromatic carbocycles. The van der Waals surface area contributed by atoms with Gasteiger partial charge >= 0.3 is 6.09 Å². The first-order chi connectivity index (χ1) is 11.2. The van der Waals surface area contributed by atoms with Crippen LogP contribution in [0.2, 0.25) is 0 Å². The second-order valence-corrected chi connectivity index (χ2v) is 6.96. The molecular formula is C18H21FN2O3. The fraction of sp³-hybridized carbons (Fsp3) is 0.500. The Morgan fingerprint density at radius 2 is 2.08 bits per heavy atom. The van der Waals surface area contributed by atoms with Crippen molar-refractivity contribution in [3.05, 3.63) is 35.6 Å². The Labute approximate surface area is 140 Å². The topological polar surface area (TPSA) is 79.2 Å². The molecule has 1 aliphatic carbocycles. The van der Waals surface area contributed by atoms with Crippen molar-refractivity contribution in [2.75, 3.05) is 0 Å². The molecule has 2 atom stereocenters. The molecule has 0 radical (unpaired) electrons. The number of nitrogens with zero attached hydrogens (tertiary/aromatic N) is 1. The normalized spacial score (nSPS) is 21.9. The lowest BCUT2D eigenvalue weighted by Crippen LogP contribution is -2.45. The van der Waals surface area contributed by atoms with Gasteiger partial charge in [-0.1, -0.05) is 18.2 Å². The van der Waals surface area contributed by atoms with Gasteiger partial charge in [0.05, 0.1) is 12.1 Å². The van der Waals surface area contributed by atoms with E-state index in [2.05, 4.69) is 5.32 Å². The molecule has 0 aromatic heterocycles. The Morgan fingerprint density at radius 3 is 2.58 bits per heavy atom. The van der Waals surface area contributed by atoms with Gasteiger partial charge in [-0.3, -0.25) is 4.79 Å². The molecule has 5 nitrogen and oxygen atoms in total. The Morgan fingerprint density at radius 1 is 1.42 bits per heavy atom. The second kappa shape index (κ2) is 6.60. The van der Waals surface area contributed by atoms with Crippen LogP contribution in [-0.2, 0) is 9.53 Å². The highest BCUT2D eigenvalue weighted by molar-refractivity contribution is 5.91. The first-order valence-electron chi connectivity index (χ1n) is 7.88. The SMILES string of the molecule is CC(C)(C)OC(=O)N[C@H](c1ccccc1F)[C@@]1(C#N)CCCC1=O. The first kappa shape index (κ1) is 17.9. The lowest BCUT2D eigenvalue weighted by molar-refractivity contribution is -0.124. The minimum atomic E-state index is -1.47. The Bertz CT molecular complexity index is 690. The number of alkyl carbamates (subject to hydrolysis) is 1. The van der Waals surface area contributed by atoms with Crippen LogP contribution in [0, 0.1) is 22.6 Å². The molecule has 1 aliphatic rings. The number of ether oxygens (including phenoxy) is 1. The molecular weight excluding hydrogens is 311 g/mol. The lowest BCUT2D eigenvalue weighted by atomic mass is 9.76. The third-order valence-corrected chi connectivity index (χ3v) is 4.04. The number of rotatable bonds is 3. The summed E-state index contributed by atoms with van der Waals surface area (Å²) in [7, 11) is 0. The van der Waals surface area contributed by atoms with Crippen molar-refractivity contribution in [3.63, 3.8) is 0 Å². The van der Waals surface area contributed by atoms with E-state index in [1.807, 2.05) is 6.07 Å². The number of amides is 1. The standard InChI is InChI=1S/C18H21FN2O3/c1-17(2,3)24-16(23)21-15(12-7-4-5-8-13(12)19)18(11-20)10-6-9-14(18)22/h4-5,7-8,15H,6,9-10H2,1-3H3,(H,21,23)/t15-,18-/m1/s1. The van der Waals surface area contributed by atoms with Crippen LogP contribution in [0.3, 0.4) is 0 Å². The predicted molar refractivity (Wildman–Crippen MR) is 85.4 cm³/mol. The predicted octanol–water partition coefficient (Wildman–Crippen LogP) is 3.65. The number of carbonyl (C=O) groups is 2. The van der Waals surface area contributed by atoms with Crippen molar-refractivity contribution in [1.82, 2.24) is 5.32 Å². The summed E-state index contributed by atoms with van der Waals surface area (Å²) in [5, 5.41) is 12.2.